The molecule has 2 aliphatic heterocycles. The molecule has 0 aromatic rings. The Morgan fingerprint density at radius 1 is 1.27 bits per heavy atom. The maximum absolute atomic E-state index is 9.31. The first-order valence-electron chi connectivity index (χ1n) is 3.90. The van der Waals surface area contributed by atoms with Crippen molar-refractivity contribution in [1.82, 2.24) is 0 Å². The van der Waals surface area contributed by atoms with Crippen molar-refractivity contribution in [3.8, 4) is 0 Å². The third kappa shape index (κ3) is 0.969. The van der Waals surface area contributed by atoms with E-state index >= 15 is 0 Å². The molecule has 0 aliphatic carbocycles. The molecule has 0 spiro atoms. The fourth-order valence-electron chi connectivity index (χ4n) is 1.36. The molecule has 2 aliphatic rings. The molecule has 1 unspecified atom stereocenters. The van der Waals surface area contributed by atoms with Crippen molar-refractivity contribution in [2.24, 2.45) is 0 Å². The smallest absolute Gasteiger partial charge is 0.184 e. The van der Waals surface area contributed by atoms with E-state index in [1.54, 1.807) is 0 Å². The first kappa shape index (κ1) is 6.33. The van der Waals surface area contributed by atoms with E-state index in [-0.39, 0.29) is 6.61 Å². The van der Waals surface area contributed by atoms with Gasteiger partial charge in [0.2, 0.25) is 0 Å². The SMILES string of the molecule is [2H]C1(O)O[C@@H]2CO[C@@H]([C@H]2O)[C@H]1O. The van der Waals surface area contributed by atoms with Crippen molar-refractivity contribution < 1.29 is 26.2 Å². The molecular formula is C6H10O5. The van der Waals surface area contributed by atoms with Crippen LogP contribution in [0.5, 0.6) is 0 Å². The minimum atomic E-state index is -2.36. The lowest BCUT2D eigenvalue weighted by Crippen LogP contribution is -2.52. The van der Waals surface area contributed by atoms with E-state index in [1.165, 1.54) is 0 Å². The summed E-state index contributed by atoms with van der Waals surface area (Å²) in [6, 6.07) is 0. The molecule has 2 heterocycles. The standard InChI is InChI=1S/C6H10O5/c7-3-2-1-10-5(3)4(8)6(9)11-2/h2-9H,1H2/t2-,3+,4-,5+,6?/m1/s1/i6D. The van der Waals surface area contributed by atoms with Crippen molar-refractivity contribution in [3.05, 3.63) is 0 Å². The molecule has 0 saturated carbocycles. The van der Waals surface area contributed by atoms with E-state index in [1.807, 2.05) is 0 Å². The highest BCUT2D eigenvalue weighted by molar-refractivity contribution is 4.94. The minimum absolute atomic E-state index is 0.101. The molecule has 2 rings (SSSR count). The Kier molecular flexibility index (Phi) is 1.38. The summed E-state index contributed by atoms with van der Waals surface area (Å²) in [5, 5.41) is 27.7. The summed E-state index contributed by atoms with van der Waals surface area (Å²) >= 11 is 0. The number of hydrogen-bond acceptors (Lipinski definition) is 5. The molecule has 2 fully saturated rings. The molecule has 5 atom stereocenters. The van der Waals surface area contributed by atoms with Crippen LogP contribution in [0.3, 0.4) is 0 Å². The second-order valence-corrected chi connectivity index (χ2v) is 2.73. The van der Waals surface area contributed by atoms with E-state index in [9.17, 15) is 10.2 Å². The number of hydrogen-bond donors (Lipinski definition) is 3. The van der Waals surface area contributed by atoms with Crippen LogP contribution in [-0.4, -0.2) is 52.6 Å². The third-order valence-electron chi connectivity index (χ3n) is 2.01. The topological polar surface area (TPSA) is 79.2 Å². The molecule has 0 aromatic carbocycles. The summed E-state index contributed by atoms with van der Waals surface area (Å²) in [6.07, 6.45) is -6.45. The Bertz CT molecular complexity index is 196. The van der Waals surface area contributed by atoms with Gasteiger partial charge in [0.25, 0.3) is 0 Å². The third-order valence-corrected chi connectivity index (χ3v) is 2.01. The van der Waals surface area contributed by atoms with Crippen molar-refractivity contribution in [3.63, 3.8) is 0 Å². The van der Waals surface area contributed by atoms with Gasteiger partial charge in [-0.2, -0.15) is 0 Å². The van der Waals surface area contributed by atoms with Gasteiger partial charge in [0, 0.05) is 0 Å². The van der Waals surface area contributed by atoms with Gasteiger partial charge in [-0.05, 0) is 0 Å². The summed E-state index contributed by atoms with van der Waals surface area (Å²) in [7, 11) is 0. The van der Waals surface area contributed by atoms with Crippen LogP contribution in [0.15, 0.2) is 0 Å². The van der Waals surface area contributed by atoms with Gasteiger partial charge in [-0.3, -0.25) is 0 Å². The Morgan fingerprint density at radius 3 is 2.73 bits per heavy atom. The van der Waals surface area contributed by atoms with Crippen LogP contribution in [0.1, 0.15) is 1.37 Å². The first-order valence-corrected chi connectivity index (χ1v) is 3.40. The quantitative estimate of drug-likeness (QED) is 0.378. The largest absolute Gasteiger partial charge is 0.387 e. The zero-order valence-corrected chi connectivity index (χ0v) is 5.67. The summed E-state index contributed by atoms with van der Waals surface area (Å²) in [6.45, 7) is 0.101. The van der Waals surface area contributed by atoms with E-state index < -0.39 is 30.7 Å². The van der Waals surface area contributed by atoms with Crippen LogP contribution in [0.25, 0.3) is 0 Å². The van der Waals surface area contributed by atoms with Gasteiger partial charge in [0.05, 0.1) is 7.98 Å². The number of ether oxygens (including phenoxy) is 2. The molecule has 5 nitrogen and oxygen atoms in total. The molecule has 64 valence electrons. The van der Waals surface area contributed by atoms with Crippen molar-refractivity contribution >= 4 is 0 Å². The van der Waals surface area contributed by atoms with Gasteiger partial charge < -0.3 is 24.8 Å². The number of rotatable bonds is 0. The monoisotopic (exact) mass is 163 g/mol. The second-order valence-electron chi connectivity index (χ2n) is 2.73. The van der Waals surface area contributed by atoms with E-state index in [0.717, 1.165) is 0 Å². The van der Waals surface area contributed by atoms with Crippen molar-refractivity contribution in [2.45, 2.75) is 30.7 Å². The van der Waals surface area contributed by atoms with Gasteiger partial charge >= 0.3 is 0 Å². The highest BCUT2D eigenvalue weighted by atomic mass is 16.7. The molecule has 2 saturated heterocycles. The maximum atomic E-state index is 9.31. The van der Waals surface area contributed by atoms with Crippen LogP contribution in [-0.2, 0) is 9.47 Å². The molecule has 0 amide bonds. The average molecular weight is 163 g/mol. The lowest BCUT2D eigenvalue weighted by Gasteiger charge is -2.31. The van der Waals surface area contributed by atoms with Crippen LogP contribution in [0, 0.1) is 0 Å². The fourth-order valence-corrected chi connectivity index (χ4v) is 1.36. The van der Waals surface area contributed by atoms with Gasteiger partial charge in [-0.25, -0.2) is 0 Å². The highest BCUT2D eigenvalue weighted by Crippen LogP contribution is 2.28. The van der Waals surface area contributed by atoms with Crippen LogP contribution >= 0.6 is 0 Å². The lowest BCUT2D eigenvalue weighted by atomic mass is 10.0. The number of aliphatic hydroxyl groups is 3. The normalized spacial score (nSPS) is 64.5. The molecule has 3 N–H and O–H groups in total. The van der Waals surface area contributed by atoms with Gasteiger partial charge in [0.15, 0.2) is 6.27 Å². The van der Waals surface area contributed by atoms with Crippen molar-refractivity contribution in [2.75, 3.05) is 6.61 Å². The summed E-state index contributed by atoms with van der Waals surface area (Å²) in [4.78, 5) is 0. The van der Waals surface area contributed by atoms with Crippen molar-refractivity contribution in [1.29, 1.82) is 0 Å². The number of fused-ring (bicyclic) bond motifs is 2. The summed E-state index contributed by atoms with van der Waals surface area (Å²) in [5.74, 6) is 0. The van der Waals surface area contributed by atoms with Crippen LogP contribution in [0.4, 0.5) is 0 Å². The van der Waals surface area contributed by atoms with Crippen LogP contribution < -0.4 is 0 Å². The maximum Gasteiger partial charge on any atom is 0.184 e. The molecule has 0 aromatic heterocycles. The Balaban J connectivity index is 2.23. The average Bonchev–Trinajstić information content (AvgIpc) is 2.24. The predicted octanol–water partition coefficient (Wildman–Crippen LogP) is -2.18. The van der Waals surface area contributed by atoms with E-state index in [2.05, 4.69) is 4.74 Å². The Labute approximate surface area is 64.6 Å². The molecule has 0 radical (unpaired) electrons. The minimum Gasteiger partial charge on any atom is -0.387 e. The van der Waals surface area contributed by atoms with Crippen LogP contribution in [0.2, 0.25) is 0 Å². The van der Waals surface area contributed by atoms with Gasteiger partial charge in [-0.15, -0.1) is 0 Å². The summed E-state index contributed by atoms with van der Waals surface area (Å²) in [5.41, 5.74) is 0. The zero-order chi connectivity index (χ0) is 8.93. The Morgan fingerprint density at radius 2 is 2.00 bits per heavy atom. The lowest BCUT2D eigenvalue weighted by molar-refractivity contribution is -0.242. The summed E-state index contributed by atoms with van der Waals surface area (Å²) < 4.78 is 16.7. The van der Waals surface area contributed by atoms with E-state index in [4.69, 9.17) is 11.2 Å². The predicted molar refractivity (Wildman–Crippen MR) is 32.6 cm³/mol. The first-order chi connectivity index (χ1) is 5.52. The molecule has 11 heavy (non-hydrogen) atoms. The van der Waals surface area contributed by atoms with Gasteiger partial charge in [0.1, 0.15) is 24.4 Å². The second kappa shape index (κ2) is 2.40. The highest BCUT2D eigenvalue weighted by Gasteiger charge is 2.49. The molecule has 5 heteroatoms. The fraction of sp³-hybridized carbons (Fsp3) is 1.00. The van der Waals surface area contributed by atoms with Gasteiger partial charge in [-0.1, -0.05) is 0 Å². The number of aliphatic hydroxyl groups excluding tert-OH is 2. The van der Waals surface area contributed by atoms with E-state index in [0.29, 0.717) is 0 Å². The molecular weight excluding hydrogens is 152 g/mol. The molecule has 2 bridgehead atoms. The zero-order valence-electron chi connectivity index (χ0n) is 6.67. The Hall–Kier alpha value is -0.200.